The van der Waals surface area contributed by atoms with E-state index in [2.05, 4.69) is 0 Å². The number of ether oxygens (including phenoxy) is 3. The minimum absolute atomic E-state index is 0.0632. The van der Waals surface area contributed by atoms with Crippen LogP contribution in [-0.2, 0) is 25.6 Å². The smallest absolute Gasteiger partial charge is 0.333 e. The van der Waals surface area contributed by atoms with Gasteiger partial charge < -0.3 is 24.2 Å². The van der Waals surface area contributed by atoms with Crippen molar-refractivity contribution in [3.05, 3.63) is 42.3 Å². The lowest BCUT2D eigenvalue weighted by Gasteiger charge is -2.26. The molecule has 1 amide bonds. The molecule has 0 aliphatic carbocycles. The standard InChI is InChI=1S/C21H23ClN2O7S/c1-3-31-19(26)11-18-24(12-17(25)23-4-6-30-7-5-23)21(28)16(32-18)10-13-8-14(22)20(27)15(9-13)29-2/h8-11,27H,3-7,12H2,1-2H3/b16-10-,18-11+. The summed E-state index contributed by atoms with van der Waals surface area (Å²) in [4.78, 5) is 39.5. The number of phenols is 1. The summed E-state index contributed by atoms with van der Waals surface area (Å²) < 4.78 is 17.1. The van der Waals surface area contributed by atoms with Gasteiger partial charge in [-0.05, 0) is 30.7 Å². The Balaban J connectivity index is 2.07. The van der Waals surface area contributed by atoms with E-state index in [1.807, 2.05) is 0 Å². The van der Waals surface area contributed by atoms with Gasteiger partial charge in [0, 0.05) is 13.1 Å². The summed E-state index contributed by atoms with van der Waals surface area (Å²) in [7, 11) is 1.39. The summed E-state index contributed by atoms with van der Waals surface area (Å²) in [5.41, 5.74) is 0.0765. The van der Waals surface area contributed by atoms with Gasteiger partial charge in [-0.3, -0.25) is 14.2 Å². The molecular weight excluding hydrogens is 460 g/mol. The highest BCUT2D eigenvalue weighted by Crippen LogP contribution is 2.35. The second kappa shape index (κ2) is 10.7. The van der Waals surface area contributed by atoms with Crippen LogP contribution >= 0.6 is 22.9 Å². The molecule has 2 aromatic rings. The number of phenolic OH excluding ortho intramolecular Hbond substituents is 1. The van der Waals surface area contributed by atoms with Crippen molar-refractivity contribution < 1.29 is 28.9 Å². The van der Waals surface area contributed by atoms with Crippen LogP contribution in [0, 0.1) is 0 Å². The number of amides is 1. The van der Waals surface area contributed by atoms with Crippen molar-refractivity contribution in [2.45, 2.75) is 13.5 Å². The Morgan fingerprint density at radius 3 is 2.69 bits per heavy atom. The molecule has 172 valence electrons. The third kappa shape index (κ3) is 5.50. The van der Waals surface area contributed by atoms with Crippen LogP contribution < -0.4 is 19.5 Å². The summed E-state index contributed by atoms with van der Waals surface area (Å²) in [5, 5.41) is 9.99. The van der Waals surface area contributed by atoms with Crippen LogP contribution in [0.2, 0.25) is 5.02 Å². The van der Waals surface area contributed by atoms with Gasteiger partial charge >= 0.3 is 5.97 Å². The van der Waals surface area contributed by atoms with E-state index in [1.165, 1.54) is 29.9 Å². The number of hydrogen-bond acceptors (Lipinski definition) is 8. The Morgan fingerprint density at radius 2 is 2.03 bits per heavy atom. The van der Waals surface area contributed by atoms with Gasteiger partial charge in [-0.2, -0.15) is 0 Å². The Bertz CT molecular complexity index is 1180. The lowest BCUT2D eigenvalue weighted by atomic mass is 10.2. The highest BCUT2D eigenvalue weighted by molar-refractivity contribution is 7.07. The number of carbonyl (C=O) groups is 2. The number of benzene rings is 1. The minimum Gasteiger partial charge on any atom is -0.503 e. The van der Waals surface area contributed by atoms with E-state index in [1.54, 1.807) is 17.9 Å². The molecule has 0 bridgehead atoms. The van der Waals surface area contributed by atoms with Gasteiger partial charge in [0.15, 0.2) is 11.5 Å². The van der Waals surface area contributed by atoms with Crippen LogP contribution in [0.3, 0.4) is 0 Å². The lowest BCUT2D eigenvalue weighted by molar-refractivity contribution is -0.136. The number of esters is 1. The molecule has 32 heavy (non-hydrogen) atoms. The fourth-order valence-electron chi connectivity index (χ4n) is 3.11. The van der Waals surface area contributed by atoms with Gasteiger partial charge in [0.1, 0.15) is 11.2 Å². The minimum atomic E-state index is -0.609. The Morgan fingerprint density at radius 1 is 1.31 bits per heavy atom. The predicted molar refractivity (Wildman–Crippen MR) is 120 cm³/mol. The first-order valence-electron chi connectivity index (χ1n) is 9.86. The van der Waals surface area contributed by atoms with Crippen molar-refractivity contribution in [3.8, 4) is 11.5 Å². The largest absolute Gasteiger partial charge is 0.503 e. The summed E-state index contributed by atoms with van der Waals surface area (Å²) >= 11 is 7.09. The van der Waals surface area contributed by atoms with Crippen molar-refractivity contribution in [1.29, 1.82) is 0 Å². The first-order valence-corrected chi connectivity index (χ1v) is 11.0. The van der Waals surface area contributed by atoms with Crippen LogP contribution in [-0.4, -0.2) is 66.5 Å². The number of nitrogens with zero attached hydrogens (tertiary/aromatic N) is 2. The molecule has 1 aromatic carbocycles. The van der Waals surface area contributed by atoms with Crippen LogP contribution in [0.15, 0.2) is 16.9 Å². The maximum atomic E-state index is 13.1. The first-order chi connectivity index (χ1) is 15.3. The van der Waals surface area contributed by atoms with E-state index in [0.717, 1.165) is 11.3 Å². The van der Waals surface area contributed by atoms with E-state index >= 15 is 0 Å². The number of aromatic hydroxyl groups is 1. The van der Waals surface area contributed by atoms with Gasteiger partial charge in [-0.15, -0.1) is 11.3 Å². The number of morpholine rings is 1. The maximum absolute atomic E-state index is 13.1. The molecule has 1 aromatic heterocycles. The molecule has 0 spiro atoms. The van der Waals surface area contributed by atoms with Gasteiger partial charge in [0.05, 0.1) is 42.6 Å². The summed E-state index contributed by atoms with van der Waals surface area (Å²) in [5.74, 6) is -0.904. The van der Waals surface area contributed by atoms with Crippen molar-refractivity contribution in [1.82, 2.24) is 9.47 Å². The third-order valence-electron chi connectivity index (χ3n) is 4.69. The van der Waals surface area contributed by atoms with E-state index in [-0.39, 0.29) is 44.8 Å². The molecule has 1 fully saturated rings. The van der Waals surface area contributed by atoms with Gasteiger partial charge in [0.2, 0.25) is 5.91 Å². The SMILES string of the molecule is CCOC(=O)/C=c1/s/c(=C\c2cc(Cl)c(O)c(OC)c2)c(=O)n1CC(=O)N1CCOCC1. The maximum Gasteiger partial charge on any atom is 0.333 e. The molecule has 0 atom stereocenters. The van der Waals surface area contributed by atoms with Crippen LogP contribution in [0.4, 0.5) is 0 Å². The molecular formula is C21H23ClN2O7S. The lowest BCUT2D eigenvalue weighted by Crippen LogP contribution is -2.45. The van der Waals surface area contributed by atoms with E-state index < -0.39 is 11.5 Å². The highest BCUT2D eigenvalue weighted by atomic mass is 35.5. The number of methoxy groups -OCH3 is 1. The van der Waals surface area contributed by atoms with Gasteiger partial charge in [-0.25, -0.2) is 4.79 Å². The number of thiazole rings is 1. The zero-order chi connectivity index (χ0) is 23.3. The molecule has 0 saturated carbocycles. The van der Waals surface area contributed by atoms with Crippen LogP contribution in [0.25, 0.3) is 12.2 Å². The molecule has 1 saturated heterocycles. The summed E-state index contributed by atoms with van der Waals surface area (Å²) in [6.07, 6.45) is 2.75. The molecule has 1 aliphatic heterocycles. The second-order valence-electron chi connectivity index (χ2n) is 6.78. The van der Waals surface area contributed by atoms with Gasteiger partial charge in [-0.1, -0.05) is 11.6 Å². The fraction of sp³-hybridized carbons (Fsp3) is 0.381. The molecule has 1 aliphatic rings. The predicted octanol–water partition coefficient (Wildman–Crippen LogP) is 0.309. The third-order valence-corrected chi connectivity index (χ3v) is 6.04. The number of rotatable bonds is 6. The molecule has 3 rings (SSSR count). The molecule has 1 N–H and O–H groups in total. The summed E-state index contributed by atoms with van der Waals surface area (Å²) in [6, 6.07) is 3.01. The number of hydrogen-bond donors (Lipinski definition) is 1. The first kappa shape index (κ1) is 23.8. The van der Waals surface area contributed by atoms with E-state index in [4.69, 9.17) is 25.8 Å². The molecule has 9 nitrogen and oxygen atoms in total. The topological polar surface area (TPSA) is 107 Å². The highest BCUT2D eigenvalue weighted by Gasteiger charge is 2.19. The Hall–Kier alpha value is -2.82. The Labute approximate surface area is 192 Å². The number of carbonyl (C=O) groups excluding carboxylic acids is 2. The molecule has 11 heteroatoms. The molecule has 2 heterocycles. The van der Waals surface area contributed by atoms with Crippen molar-refractivity contribution in [2.75, 3.05) is 40.0 Å². The molecule has 0 unspecified atom stereocenters. The van der Waals surface area contributed by atoms with Crippen LogP contribution in [0.1, 0.15) is 12.5 Å². The van der Waals surface area contributed by atoms with E-state index in [0.29, 0.717) is 31.9 Å². The van der Waals surface area contributed by atoms with Crippen molar-refractivity contribution >= 4 is 47.0 Å². The average molecular weight is 483 g/mol. The van der Waals surface area contributed by atoms with E-state index in [9.17, 15) is 19.5 Å². The van der Waals surface area contributed by atoms with Crippen molar-refractivity contribution in [3.63, 3.8) is 0 Å². The van der Waals surface area contributed by atoms with Crippen LogP contribution in [0.5, 0.6) is 11.5 Å². The second-order valence-corrected chi connectivity index (χ2v) is 8.25. The zero-order valence-corrected chi connectivity index (χ0v) is 19.2. The fourth-order valence-corrected chi connectivity index (χ4v) is 4.36. The number of aromatic nitrogens is 1. The van der Waals surface area contributed by atoms with Crippen molar-refractivity contribution in [2.24, 2.45) is 0 Å². The monoisotopic (exact) mass is 482 g/mol. The summed E-state index contributed by atoms with van der Waals surface area (Å²) in [6.45, 7) is 3.41. The normalized spacial score (nSPS) is 15.2. The number of halogens is 1. The zero-order valence-electron chi connectivity index (χ0n) is 17.6. The quantitative estimate of drug-likeness (QED) is 0.590. The van der Waals surface area contributed by atoms with Gasteiger partial charge in [0.25, 0.3) is 5.56 Å². The molecule has 0 radical (unpaired) electrons. The average Bonchev–Trinajstić information content (AvgIpc) is 3.05. The Kier molecular flexibility index (Phi) is 7.94.